The Morgan fingerprint density at radius 2 is 1.78 bits per heavy atom. The highest BCUT2D eigenvalue weighted by molar-refractivity contribution is 6.01. The molecule has 1 aliphatic carbocycles. The van der Waals surface area contributed by atoms with E-state index in [-0.39, 0.29) is 30.0 Å². The van der Waals surface area contributed by atoms with Crippen molar-refractivity contribution in [2.24, 2.45) is 5.92 Å². The molecular formula is C27H41N5O4. The van der Waals surface area contributed by atoms with Crippen molar-refractivity contribution in [3.63, 3.8) is 0 Å². The first-order chi connectivity index (χ1) is 17.1. The van der Waals surface area contributed by atoms with Gasteiger partial charge < -0.3 is 20.3 Å². The van der Waals surface area contributed by atoms with Crippen molar-refractivity contribution in [3.8, 4) is 0 Å². The number of carbonyl (C=O) groups excluding carboxylic acids is 3. The summed E-state index contributed by atoms with van der Waals surface area (Å²) in [6.07, 6.45) is 4.87. The summed E-state index contributed by atoms with van der Waals surface area (Å²) in [7, 11) is 0. The van der Waals surface area contributed by atoms with Gasteiger partial charge in [-0.05, 0) is 77.0 Å². The Morgan fingerprint density at radius 1 is 1.06 bits per heavy atom. The average molecular weight is 500 g/mol. The van der Waals surface area contributed by atoms with Crippen LogP contribution in [0.3, 0.4) is 0 Å². The molecule has 3 aliphatic rings. The van der Waals surface area contributed by atoms with Gasteiger partial charge in [-0.1, -0.05) is 6.07 Å². The first-order valence-corrected chi connectivity index (χ1v) is 13.3. The average Bonchev–Trinajstić information content (AvgIpc) is 2.82. The number of piperidine rings is 1. The number of alkyl carbamates (subject to hydrolysis) is 1. The highest BCUT2D eigenvalue weighted by Gasteiger charge is 2.28. The SMILES string of the molecule is CC(C)(C)OC(=O)NC1CCC(CN2CCN(c3cccc(NC4CCC(=O)NC4=O)c3)CC2)CC1. The molecule has 1 aromatic carbocycles. The number of carbonyl (C=O) groups is 3. The van der Waals surface area contributed by atoms with Crippen molar-refractivity contribution in [1.29, 1.82) is 0 Å². The molecule has 4 rings (SSSR count). The number of nitrogens with one attached hydrogen (secondary N) is 3. The van der Waals surface area contributed by atoms with Crippen LogP contribution in [0.25, 0.3) is 0 Å². The minimum Gasteiger partial charge on any atom is -0.444 e. The molecule has 0 aromatic heterocycles. The fraction of sp³-hybridized carbons (Fsp3) is 0.667. The van der Waals surface area contributed by atoms with Crippen LogP contribution in [0.15, 0.2) is 24.3 Å². The zero-order valence-electron chi connectivity index (χ0n) is 21.8. The van der Waals surface area contributed by atoms with Crippen LogP contribution >= 0.6 is 0 Å². The molecular weight excluding hydrogens is 458 g/mol. The zero-order chi connectivity index (χ0) is 25.7. The van der Waals surface area contributed by atoms with Crippen LogP contribution in [0.2, 0.25) is 0 Å². The molecule has 1 saturated carbocycles. The number of piperazine rings is 1. The van der Waals surface area contributed by atoms with Crippen LogP contribution < -0.4 is 20.9 Å². The molecule has 2 saturated heterocycles. The second kappa shape index (κ2) is 11.5. The lowest BCUT2D eigenvalue weighted by Crippen LogP contribution is -2.48. The van der Waals surface area contributed by atoms with Crippen LogP contribution in [0.4, 0.5) is 16.2 Å². The van der Waals surface area contributed by atoms with Gasteiger partial charge in [0.2, 0.25) is 11.8 Å². The minimum atomic E-state index is -0.463. The van der Waals surface area contributed by atoms with Crippen molar-refractivity contribution in [1.82, 2.24) is 15.5 Å². The predicted octanol–water partition coefficient (Wildman–Crippen LogP) is 3.11. The van der Waals surface area contributed by atoms with Gasteiger partial charge in [0.25, 0.3) is 0 Å². The van der Waals surface area contributed by atoms with E-state index >= 15 is 0 Å². The lowest BCUT2D eigenvalue weighted by Gasteiger charge is -2.39. The van der Waals surface area contributed by atoms with Gasteiger partial charge in [0, 0.05) is 56.6 Å². The van der Waals surface area contributed by atoms with E-state index in [4.69, 9.17) is 4.74 Å². The maximum Gasteiger partial charge on any atom is 0.407 e. The van der Waals surface area contributed by atoms with Gasteiger partial charge >= 0.3 is 6.09 Å². The molecule has 3 N–H and O–H groups in total. The third-order valence-corrected chi connectivity index (χ3v) is 7.25. The Hall–Kier alpha value is -2.81. The Morgan fingerprint density at radius 3 is 2.44 bits per heavy atom. The molecule has 2 heterocycles. The fourth-order valence-corrected chi connectivity index (χ4v) is 5.34. The zero-order valence-corrected chi connectivity index (χ0v) is 21.8. The minimum absolute atomic E-state index is 0.199. The molecule has 2 aliphatic heterocycles. The van der Waals surface area contributed by atoms with E-state index in [0.717, 1.165) is 69.8 Å². The number of benzene rings is 1. The van der Waals surface area contributed by atoms with Crippen molar-refractivity contribution in [3.05, 3.63) is 24.3 Å². The summed E-state index contributed by atoms with van der Waals surface area (Å²) in [4.78, 5) is 40.5. The quantitative estimate of drug-likeness (QED) is 0.517. The third-order valence-electron chi connectivity index (χ3n) is 7.25. The van der Waals surface area contributed by atoms with E-state index in [1.54, 1.807) is 0 Å². The number of hydrogen-bond donors (Lipinski definition) is 3. The van der Waals surface area contributed by atoms with E-state index in [2.05, 4.69) is 37.9 Å². The van der Waals surface area contributed by atoms with Gasteiger partial charge in [-0.25, -0.2) is 4.79 Å². The van der Waals surface area contributed by atoms with Crippen LogP contribution in [0.1, 0.15) is 59.3 Å². The largest absolute Gasteiger partial charge is 0.444 e. The van der Waals surface area contributed by atoms with Gasteiger partial charge in [-0.2, -0.15) is 0 Å². The highest BCUT2D eigenvalue weighted by atomic mass is 16.6. The molecule has 0 bridgehead atoms. The number of hydrogen-bond acceptors (Lipinski definition) is 7. The summed E-state index contributed by atoms with van der Waals surface area (Å²) in [6, 6.07) is 8.04. The topological polar surface area (TPSA) is 103 Å². The number of anilines is 2. The number of rotatable bonds is 6. The lowest BCUT2D eigenvalue weighted by molar-refractivity contribution is -0.133. The van der Waals surface area contributed by atoms with Crippen molar-refractivity contribution >= 4 is 29.3 Å². The maximum absolute atomic E-state index is 12.1. The summed E-state index contributed by atoms with van der Waals surface area (Å²) in [6.45, 7) is 10.8. The molecule has 9 heteroatoms. The molecule has 36 heavy (non-hydrogen) atoms. The van der Waals surface area contributed by atoms with Crippen molar-refractivity contribution in [2.75, 3.05) is 42.9 Å². The van der Waals surface area contributed by atoms with Gasteiger partial charge in [-0.3, -0.25) is 19.8 Å². The second-order valence-corrected chi connectivity index (χ2v) is 11.3. The summed E-state index contributed by atoms with van der Waals surface area (Å²) >= 11 is 0. The first kappa shape index (κ1) is 26.3. The van der Waals surface area contributed by atoms with E-state index in [0.29, 0.717) is 18.8 Å². The summed E-state index contributed by atoms with van der Waals surface area (Å²) < 4.78 is 5.39. The van der Waals surface area contributed by atoms with Crippen molar-refractivity contribution in [2.45, 2.75) is 77.0 Å². The first-order valence-electron chi connectivity index (χ1n) is 13.3. The van der Waals surface area contributed by atoms with E-state index in [9.17, 15) is 14.4 Å². The smallest absolute Gasteiger partial charge is 0.407 e. The molecule has 1 atom stereocenters. The molecule has 1 aromatic rings. The van der Waals surface area contributed by atoms with Gasteiger partial charge in [0.15, 0.2) is 0 Å². The molecule has 9 nitrogen and oxygen atoms in total. The number of ether oxygens (including phenoxy) is 1. The van der Waals surface area contributed by atoms with Crippen LogP contribution in [0, 0.1) is 5.92 Å². The molecule has 3 fully saturated rings. The number of nitrogens with zero attached hydrogens (tertiary/aromatic N) is 2. The number of amides is 3. The van der Waals surface area contributed by atoms with Crippen molar-refractivity contribution < 1.29 is 19.1 Å². The Balaban J connectivity index is 1.18. The fourth-order valence-electron chi connectivity index (χ4n) is 5.34. The molecule has 0 radical (unpaired) electrons. The normalized spacial score (nSPS) is 25.8. The Bertz CT molecular complexity index is 930. The maximum atomic E-state index is 12.1. The summed E-state index contributed by atoms with van der Waals surface area (Å²) in [5.74, 6) is 0.226. The highest BCUT2D eigenvalue weighted by Crippen LogP contribution is 2.27. The summed E-state index contributed by atoms with van der Waals surface area (Å²) in [5.41, 5.74) is 1.59. The van der Waals surface area contributed by atoms with Crippen LogP contribution in [0.5, 0.6) is 0 Å². The second-order valence-electron chi connectivity index (χ2n) is 11.3. The Labute approximate surface area is 214 Å². The van der Waals surface area contributed by atoms with Gasteiger partial charge in [0.1, 0.15) is 11.6 Å². The van der Waals surface area contributed by atoms with Gasteiger partial charge in [0.05, 0.1) is 0 Å². The Kier molecular flexibility index (Phi) is 8.39. The lowest BCUT2D eigenvalue weighted by atomic mass is 9.85. The summed E-state index contributed by atoms with van der Waals surface area (Å²) in [5, 5.41) is 8.72. The van der Waals surface area contributed by atoms with E-state index < -0.39 is 5.60 Å². The third kappa shape index (κ3) is 7.59. The number of imide groups is 1. The standard InChI is InChI=1S/C27H41N5O4/c1-27(2,3)36-26(35)29-20-9-7-19(8-10-20)18-31-13-15-32(16-14-31)22-6-4-5-21(17-22)28-23-11-12-24(33)30-25(23)34/h4-6,17,19-20,23,28H,7-16,18H2,1-3H3,(H,29,35)(H,30,33,34). The predicted molar refractivity (Wildman–Crippen MR) is 140 cm³/mol. The molecule has 1 unspecified atom stereocenters. The molecule has 198 valence electrons. The van der Waals surface area contributed by atoms with Crippen LogP contribution in [-0.4, -0.2) is 73.2 Å². The van der Waals surface area contributed by atoms with Crippen LogP contribution in [-0.2, 0) is 14.3 Å². The monoisotopic (exact) mass is 499 g/mol. The molecule has 0 spiro atoms. The molecule has 3 amide bonds. The van der Waals surface area contributed by atoms with E-state index in [1.165, 1.54) is 0 Å². The van der Waals surface area contributed by atoms with Gasteiger partial charge in [-0.15, -0.1) is 0 Å². The van der Waals surface area contributed by atoms with E-state index in [1.807, 2.05) is 32.9 Å².